The molecule has 0 aliphatic heterocycles. The van der Waals surface area contributed by atoms with Gasteiger partial charge in [-0.15, -0.1) is 0 Å². The van der Waals surface area contributed by atoms with Crippen molar-refractivity contribution in [1.82, 2.24) is 0 Å². The standard InChI is InChI=1S/C15H15NO3/c1-10-7-8-11(15(17)18)13(9-10)16-12-5-3-4-6-14(12)19-2/h3-9,16H,1-2H3,(H,17,18). The van der Waals surface area contributed by atoms with Gasteiger partial charge in [0.2, 0.25) is 0 Å². The van der Waals surface area contributed by atoms with Gasteiger partial charge in [-0.3, -0.25) is 0 Å². The van der Waals surface area contributed by atoms with E-state index in [-0.39, 0.29) is 5.56 Å². The molecule has 0 unspecified atom stereocenters. The first kappa shape index (κ1) is 13.0. The van der Waals surface area contributed by atoms with E-state index in [0.29, 0.717) is 11.4 Å². The lowest BCUT2D eigenvalue weighted by atomic mass is 10.1. The van der Waals surface area contributed by atoms with Crippen LogP contribution in [0.4, 0.5) is 11.4 Å². The van der Waals surface area contributed by atoms with Crippen LogP contribution in [0.15, 0.2) is 42.5 Å². The smallest absolute Gasteiger partial charge is 0.337 e. The van der Waals surface area contributed by atoms with Crippen LogP contribution in [0.5, 0.6) is 5.75 Å². The van der Waals surface area contributed by atoms with Crippen LogP contribution in [0.2, 0.25) is 0 Å². The lowest BCUT2D eigenvalue weighted by Gasteiger charge is -2.13. The van der Waals surface area contributed by atoms with Gasteiger partial charge in [0.1, 0.15) is 5.75 Å². The molecule has 4 heteroatoms. The number of hydrogen-bond donors (Lipinski definition) is 2. The molecule has 0 aliphatic rings. The fraction of sp³-hybridized carbons (Fsp3) is 0.133. The molecule has 0 bridgehead atoms. The fourth-order valence-electron chi connectivity index (χ4n) is 1.84. The van der Waals surface area contributed by atoms with Gasteiger partial charge >= 0.3 is 5.97 Å². The van der Waals surface area contributed by atoms with Gasteiger partial charge in [-0.25, -0.2) is 4.79 Å². The van der Waals surface area contributed by atoms with Crippen LogP contribution in [-0.2, 0) is 0 Å². The average Bonchev–Trinajstić information content (AvgIpc) is 2.39. The second-order valence-electron chi connectivity index (χ2n) is 4.18. The molecule has 2 aromatic carbocycles. The molecule has 0 atom stereocenters. The van der Waals surface area contributed by atoms with E-state index in [1.165, 1.54) is 0 Å². The molecule has 0 aliphatic carbocycles. The zero-order valence-electron chi connectivity index (χ0n) is 10.8. The number of para-hydroxylation sites is 2. The second-order valence-corrected chi connectivity index (χ2v) is 4.18. The number of carboxylic acid groups (broad SMARTS) is 1. The van der Waals surface area contributed by atoms with Crippen LogP contribution in [-0.4, -0.2) is 18.2 Å². The molecule has 0 amide bonds. The number of ether oxygens (including phenoxy) is 1. The summed E-state index contributed by atoms with van der Waals surface area (Å²) < 4.78 is 5.24. The van der Waals surface area contributed by atoms with E-state index in [4.69, 9.17) is 4.74 Å². The monoisotopic (exact) mass is 257 g/mol. The van der Waals surface area contributed by atoms with Crippen LogP contribution in [0.3, 0.4) is 0 Å². The Balaban J connectivity index is 2.42. The number of carbonyl (C=O) groups is 1. The molecule has 0 saturated heterocycles. The molecule has 2 N–H and O–H groups in total. The largest absolute Gasteiger partial charge is 0.495 e. The van der Waals surface area contributed by atoms with Crippen LogP contribution >= 0.6 is 0 Å². The maximum atomic E-state index is 11.2. The number of nitrogens with one attached hydrogen (secondary N) is 1. The Morgan fingerprint density at radius 3 is 2.58 bits per heavy atom. The van der Waals surface area contributed by atoms with Crippen molar-refractivity contribution in [3.63, 3.8) is 0 Å². The van der Waals surface area contributed by atoms with Gasteiger partial charge in [0, 0.05) is 0 Å². The molecule has 19 heavy (non-hydrogen) atoms. The van der Waals surface area contributed by atoms with E-state index < -0.39 is 5.97 Å². The SMILES string of the molecule is COc1ccccc1Nc1cc(C)ccc1C(=O)O. The first-order valence-electron chi connectivity index (χ1n) is 5.86. The highest BCUT2D eigenvalue weighted by atomic mass is 16.5. The Morgan fingerprint density at radius 2 is 1.89 bits per heavy atom. The molecule has 0 radical (unpaired) electrons. The minimum atomic E-state index is -0.961. The summed E-state index contributed by atoms with van der Waals surface area (Å²) in [6.07, 6.45) is 0. The first-order chi connectivity index (χ1) is 9.11. The normalized spacial score (nSPS) is 10.0. The van der Waals surface area contributed by atoms with Gasteiger partial charge < -0.3 is 15.2 Å². The number of aromatic carboxylic acids is 1. The summed E-state index contributed by atoms with van der Waals surface area (Å²) >= 11 is 0. The van der Waals surface area contributed by atoms with Crippen molar-refractivity contribution in [3.8, 4) is 5.75 Å². The van der Waals surface area contributed by atoms with E-state index in [0.717, 1.165) is 11.3 Å². The van der Waals surface area contributed by atoms with Crippen LogP contribution in [0.25, 0.3) is 0 Å². The summed E-state index contributed by atoms with van der Waals surface area (Å²) in [4.78, 5) is 11.2. The second kappa shape index (κ2) is 5.44. The van der Waals surface area contributed by atoms with Crippen molar-refractivity contribution in [2.24, 2.45) is 0 Å². The minimum absolute atomic E-state index is 0.233. The molecular formula is C15H15NO3. The quantitative estimate of drug-likeness (QED) is 0.880. The summed E-state index contributed by atoms with van der Waals surface area (Å²) in [5.74, 6) is -0.294. The molecule has 0 aromatic heterocycles. The number of rotatable bonds is 4. The highest BCUT2D eigenvalue weighted by Gasteiger charge is 2.11. The predicted octanol–water partition coefficient (Wildman–Crippen LogP) is 3.45. The van der Waals surface area contributed by atoms with Crippen LogP contribution in [0, 0.1) is 6.92 Å². The highest BCUT2D eigenvalue weighted by Crippen LogP contribution is 2.29. The topological polar surface area (TPSA) is 58.6 Å². The van der Waals surface area contributed by atoms with Gasteiger partial charge in [0.05, 0.1) is 24.0 Å². The number of aryl methyl sites for hydroxylation is 1. The molecule has 0 heterocycles. The van der Waals surface area contributed by atoms with Gasteiger partial charge in [-0.1, -0.05) is 18.2 Å². The molecule has 2 rings (SSSR count). The maximum absolute atomic E-state index is 11.2. The molecule has 4 nitrogen and oxygen atoms in total. The molecular weight excluding hydrogens is 242 g/mol. The zero-order valence-corrected chi connectivity index (χ0v) is 10.8. The third kappa shape index (κ3) is 2.85. The summed E-state index contributed by atoms with van der Waals surface area (Å²) in [5, 5.41) is 12.3. The van der Waals surface area contributed by atoms with Crippen molar-refractivity contribution in [2.45, 2.75) is 6.92 Å². The van der Waals surface area contributed by atoms with Crippen LogP contribution < -0.4 is 10.1 Å². The van der Waals surface area contributed by atoms with Gasteiger partial charge in [-0.2, -0.15) is 0 Å². The van der Waals surface area contributed by atoms with Crippen molar-refractivity contribution in [1.29, 1.82) is 0 Å². The number of anilines is 2. The Morgan fingerprint density at radius 1 is 1.16 bits per heavy atom. The van der Waals surface area contributed by atoms with Crippen molar-refractivity contribution < 1.29 is 14.6 Å². The number of carboxylic acids is 1. The first-order valence-corrected chi connectivity index (χ1v) is 5.86. The molecule has 98 valence electrons. The summed E-state index contributed by atoms with van der Waals surface area (Å²) in [6, 6.07) is 12.5. The van der Waals surface area contributed by atoms with E-state index in [1.54, 1.807) is 25.3 Å². The lowest BCUT2D eigenvalue weighted by Crippen LogP contribution is -2.03. The number of methoxy groups -OCH3 is 1. The molecule has 2 aromatic rings. The van der Waals surface area contributed by atoms with E-state index in [9.17, 15) is 9.90 Å². The third-order valence-corrected chi connectivity index (χ3v) is 2.78. The van der Waals surface area contributed by atoms with Crippen molar-refractivity contribution >= 4 is 17.3 Å². The number of benzene rings is 2. The van der Waals surface area contributed by atoms with Crippen LogP contribution in [0.1, 0.15) is 15.9 Å². The lowest BCUT2D eigenvalue weighted by molar-refractivity contribution is 0.0698. The van der Waals surface area contributed by atoms with Crippen molar-refractivity contribution in [2.75, 3.05) is 12.4 Å². The Labute approximate surface area is 111 Å². The maximum Gasteiger partial charge on any atom is 0.337 e. The van der Waals surface area contributed by atoms with E-state index in [2.05, 4.69) is 5.32 Å². The Hall–Kier alpha value is -2.49. The Kier molecular flexibility index (Phi) is 3.71. The Bertz CT molecular complexity index is 608. The summed E-state index contributed by atoms with van der Waals surface area (Å²) in [6.45, 7) is 1.92. The number of hydrogen-bond acceptors (Lipinski definition) is 3. The zero-order chi connectivity index (χ0) is 13.8. The summed E-state index contributed by atoms with van der Waals surface area (Å²) in [7, 11) is 1.58. The van der Waals surface area contributed by atoms with Gasteiger partial charge in [0.15, 0.2) is 0 Å². The molecule has 0 saturated carbocycles. The van der Waals surface area contributed by atoms with Gasteiger partial charge in [0.25, 0.3) is 0 Å². The summed E-state index contributed by atoms with van der Waals surface area (Å²) in [5.41, 5.74) is 2.51. The highest BCUT2D eigenvalue weighted by molar-refractivity contribution is 5.95. The fourth-order valence-corrected chi connectivity index (χ4v) is 1.84. The average molecular weight is 257 g/mol. The van der Waals surface area contributed by atoms with E-state index in [1.807, 2.05) is 31.2 Å². The van der Waals surface area contributed by atoms with E-state index >= 15 is 0 Å². The molecule has 0 spiro atoms. The minimum Gasteiger partial charge on any atom is -0.495 e. The molecule has 0 fully saturated rings. The van der Waals surface area contributed by atoms with Crippen molar-refractivity contribution in [3.05, 3.63) is 53.6 Å². The predicted molar refractivity (Wildman–Crippen MR) is 74.4 cm³/mol. The van der Waals surface area contributed by atoms with Gasteiger partial charge in [-0.05, 0) is 36.8 Å². The third-order valence-electron chi connectivity index (χ3n) is 2.78.